The summed E-state index contributed by atoms with van der Waals surface area (Å²) >= 11 is 0. The molecule has 0 radical (unpaired) electrons. The molecule has 0 saturated carbocycles. The zero-order chi connectivity index (χ0) is 15.6. The summed E-state index contributed by atoms with van der Waals surface area (Å²) in [5.74, 6) is -1.64. The van der Waals surface area contributed by atoms with Gasteiger partial charge < -0.3 is 14.7 Å². The van der Waals surface area contributed by atoms with Crippen molar-refractivity contribution in [3.8, 4) is 0 Å². The average Bonchev–Trinajstić information content (AvgIpc) is 2.85. The highest BCUT2D eigenvalue weighted by Gasteiger charge is 2.39. The summed E-state index contributed by atoms with van der Waals surface area (Å²) in [6.07, 6.45) is 0.253. The van der Waals surface area contributed by atoms with Crippen molar-refractivity contribution in [2.24, 2.45) is 0 Å². The molecule has 2 amide bonds. The van der Waals surface area contributed by atoms with Crippen molar-refractivity contribution < 1.29 is 24.2 Å². The molecule has 0 fully saturated rings. The molecule has 1 heterocycles. The van der Waals surface area contributed by atoms with Gasteiger partial charge in [-0.1, -0.05) is 18.2 Å². The second kappa shape index (κ2) is 5.82. The van der Waals surface area contributed by atoms with Gasteiger partial charge in [0.05, 0.1) is 7.11 Å². The molecule has 1 aromatic carbocycles. The van der Waals surface area contributed by atoms with E-state index in [2.05, 4.69) is 4.74 Å². The molecular weight excluding hydrogens is 276 g/mol. The van der Waals surface area contributed by atoms with Crippen LogP contribution < -0.4 is 4.90 Å². The normalized spacial score (nSPS) is 16.3. The summed E-state index contributed by atoms with van der Waals surface area (Å²) in [6, 6.07) is 5.52. The first kappa shape index (κ1) is 14.8. The topological polar surface area (TPSA) is 87.2 Å². The Hall–Kier alpha value is -2.57. The van der Waals surface area contributed by atoms with Crippen molar-refractivity contribution in [2.75, 3.05) is 25.6 Å². The van der Waals surface area contributed by atoms with E-state index in [1.165, 1.54) is 19.1 Å². The number of amides is 2. The Morgan fingerprint density at radius 1 is 1.38 bits per heavy atom. The van der Waals surface area contributed by atoms with E-state index in [0.717, 1.165) is 10.5 Å². The van der Waals surface area contributed by atoms with E-state index in [1.54, 1.807) is 24.3 Å². The van der Waals surface area contributed by atoms with Crippen LogP contribution in [0.5, 0.6) is 0 Å². The zero-order valence-electron chi connectivity index (χ0n) is 11.8. The van der Waals surface area contributed by atoms with E-state index in [1.807, 2.05) is 0 Å². The molecule has 1 N–H and O–H groups in total. The third kappa shape index (κ3) is 2.81. The molecule has 1 atom stereocenters. The molecule has 21 heavy (non-hydrogen) atoms. The molecule has 0 spiro atoms. The maximum absolute atomic E-state index is 12.5. The fourth-order valence-corrected chi connectivity index (χ4v) is 2.33. The van der Waals surface area contributed by atoms with Crippen LogP contribution in [0, 0.1) is 0 Å². The minimum absolute atomic E-state index is 0.236. The molecule has 0 bridgehead atoms. The zero-order valence-corrected chi connectivity index (χ0v) is 11.8. The fourth-order valence-electron chi connectivity index (χ4n) is 2.33. The summed E-state index contributed by atoms with van der Waals surface area (Å²) in [7, 11) is 2.66. The number of urea groups is 1. The first-order valence-corrected chi connectivity index (χ1v) is 6.37. The number of carbonyl (C=O) groups excluding carboxylic acids is 2. The first-order valence-electron chi connectivity index (χ1n) is 6.37. The molecule has 0 saturated heterocycles. The number of esters is 1. The Morgan fingerprint density at radius 2 is 2.05 bits per heavy atom. The van der Waals surface area contributed by atoms with Crippen LogP contribution in [0.25, 0.3) is 0 Å². The maximum atomic E-state index is 12.5. The number of likely N-dealkylation sites (N-methyl/N-ethyl adjacent to an activating group) is 1. The molecule has 0 aliphatic carbocycles. The number of para-hydroxylation sites is 1. The summed E-state index contributed by atoms with van der Waals surface area (Å²) in [4.78, 5) is 37.4. The summed E-state index contributed by atoms with van der Waals surface area (Å²) < 4.78 is 4.51. The number of methoxy groups -OCH3 is 1. The third-order valence-electron chi connectivity index (χ3n) is 3.39. The molecule has 7 heteroatoms. The van der Waals surface area contributed by atoms with Gasteiger partial charge in [-0.15, -0.1) is 0 Å². The number of carbonyl (C=O) groups is 3. The molecular formula is C14H16N2O5. The van der Waals surface area contributed by atoms with Gasteiger partial charge in [-0.3, -0.25) is 9.69 Å². The van der Waals surface area contributed by atoms with Crippen molar-refractivity contribution in [2.45, 2.75) is 12.5 Å². The van der Waals surface area contributed by atoms with Crippen LogP contribution in [-0.4, -0.2) is 54.7 Å². The Kier molecular flexibility index (Phi) is 4.11. The molecule has 0 unspecified atom stereocenters. The van der Waals surface area contributed by atoms with Crippen LogP contribution in [-0.2, 0) is 20.7 Å². The number of nitrogens with zero attached hydrogens (tertiary/aromatic N) is 2. The summed E-state index contributed by atoms with van der Waals surface area (Å²) in [5, 5.41) is 9.31. The Bertz CT molecular complexity index is 586. The number of hydrogen-bond acceptors (Lipinski definition) is 4. The second-order valence-corrected chi connectivity index (χ2v) is 4.77. The van der Waals surface area contributed by atoms with E-state index >= 15 is 0 Å². The lowest BCUT2D eigenvalue weighted by atomic mass is 10.1. The lowest BCUT2D eigenvalue weighted by molar-refractivity contribution is -0.141. The van der Waals surface area contributed by atoms with Crippen molar-refractivity contribution in [1.29, 1.82) is 0 Å². The van der Waals surface area contributed by atoms with Crippen LogP contribution in [0.4, 0.5) is 10.5 Å². The van der Waals surface area contributed by atoms with Crippen molar-refractivity contribution in [3.05, 3.63) is 29.8 Å². The standard InChI is InChI=1S/C14H16N2O5/c1-15(8-12(17)21-2)14(20)16-10-6-4-3-5-9(10)7-11(16)13(18)19/h3-6,11H,7-8H2,1-2H3,(H,18,19)/t11-/m0/s1. The highest BCUT2D eigenvalue weighted by atomic mass is 16.5. The van der Waals surface area contributed by atoms with Crippen molar-refractivity contribution >= 4 is 23.7 Å². The smallest absolute Gasteiger partial charge is 0.327 e. The lowest BCUT2D eigenvalue weighted by Crippen LogP contribution is -2.49. The van der Waals surface area contributed by atoms with E-state index in [4.69, 9.17) is 0 Å². The van der Waals surface area contributed by atoms with Crippen LogP contribution in [0.15, 0.2) is 24.3 Å². The van der Waals surface area contributed by atoms with Gasteiger partial charge in [-0.25, -0.2) is 9.59 Å². The van der Waals surface area contributed by atoms with Gasteiger partial charge in [0.25, 0.3) is 0 Å². The van der Waals surface area contributed by atoms with Gasteiger partial charge in [0.15, 0.2) is 0 Å². The summed E-state index contributed by atoms with van der Waals surface area (Å²) in [5.41, 5.74) is 1.36. The molecule has 2 rings (SSSR count). The van der Waals surface area contributed by atoms with Gasteiger partial charge in [0.1, 0.15) is 12.6 Å². The number of fused-ring (bicyclic) bond motifs is 1. The number of hydrogen-bond donors (Lipinski definition) is 1. The highest BCUT2D eigenvalue weighted by Crippen LogP contribution is 2.32. The van der Waals surface area contributed by atoms with E-state index in [9.17, 15) is 19.5 Å². The highest BCUT2D eigenvalue weighted by molar-refractivity contribution is 6.01. The van der Waals surface area contributed by atoms with Crippen LogP contribution in [0.3, 0.4) is 0 Å². The summed E-state index contributed by atoms with van der Waals surface area (Å²) in [6.45, 7) is -0.236. The fraction of sp³-hybridized carbons (Fsp3) is 0.357. The molecule has 1 aromatic rings. The Labute approximate surface area is 121 Å². The van der Waals surface area contributed by atoms with Crippen LogP contribution in [0.2, 0.25) is 0 Å². The quantitative estimate of drug-likeness (QED) is 0.830. The van der Waals surface area contributed by atoms with E-state index < -0.39 is 24.0 Å². The minimum Gasteiger partial charge on any atom is -0.480 e. The number of ether oxygens (including phenoxy) is 1. The van der Waals surface area contributed by atoms with Gasteiger partial charge >= 0.3 is 18.0 Å². The predicted molar refractivity (Wildman–Crippen MR) is 74.1 cm³/mol. The molecule has 1 aliphatic rings. The molecule has 0 aromatic heterocycles. The van der Waals surface area contributed by atoms with E-state index in [0.29, 0.717) is 5.69 Å². The number of benzene rings is 1. The van der Waals surface area contributed by atoms with Gasteiger partial charge in [-0.2, -0.15) is 0 Å². The van der Waals surface area contributed by atoms with Crippen LogP contribution >= 0.6 is 0 Å². The number of carboxylic acids is 1. The van der Waals surface area contributed by atoms with Crippen molar-refractivity contribution in [1.82, 2.24) is 4.90 Å². The van der Waals surface area contributed by atoms with Gasteiger partial charge in [0, 0.05) is 19.2 Å². The molecule has 7 nitrogen and oxygen atoms in total. The van der Waals surface area contributed by atoms with Gasteiger partial charge in [0.2, 0.25) is 0 Å². The number of aliphatic carboxylic acids is 1. The third-order valence-corrected chi connectivity index (χ3v) is 3.39. The van der Waals surface area contributed by atoms with E-state index in [-0.39, 0.29) is 13.0 Å². The Morgan fingerprint density at radius 3 is 2.67 bits per heavy atom. The SMILES string of the molecule is COC(=O)CN(C)C(=O)N1c2ccccc2C[C@H]1C(=O)O. The average molecular weight is 292 g/mol. The minimum atomic E-state index is -1.08. The number of anilines is 1. The largest absolute Gasteiger partial charge is 0.480 e. The van der Waals surface area contributed by atoms with Crippen LogP contribution in [0.1, 0.15) is 5.56 Å². The number of rotatable bonds is 3. The first-order chi connectivity index (χ1) is 9.95. The predicted octanol–water partition coefficient (Wildman–Crippen LogP) is 0.727. The lowest BCUT2D eigenvalue weighted by Gasteiger charge is -2.27. The second-order valence-electron chi connectivity index (χ2n) is 4.77. The Balaban J connectivity index is 2.28. The molecule has 112 valence electrons. The molecule has 1 aliphatic heterocycles. The monoisotopic (exact) mass is 292 g/mol. The number of carboxylic acid groups (broad SMARTS) is 1. The van der Waals surface area contributed by atoms with Gasteiger partial charge in [-0.05, 0) is 11.6 Å². The maximum Gasteiger partial charge on any atom is 0.327 e. The van der Waals surface area contributed by atoms with Crippen molar-refractivity contribution in [3.63, 3.8) is 0 Å².